The third kappa shape index (κ3) is 4.58. The molecule has 4 nitrogen and oxygen atoms in total. The summed E-state index contributed by atoms with van der Waals surface area (Å²) in [5.74, 6) is 0.0794. The van der Waals surface area contributed by atoms with Gasteiger partial charge in [-0.2, -0.15) is 0 Å². The molecule has 1 aromatic carbocycles. The summed E-state index contributed by atoms with van der Waals surface area (Å²) in [5.41, 5.74) is 7.40. The van der Waals surface area contributed by atoms with Crippen LogP contribution in [0.5, 0.6) is 0 Å². The highest BCUT2D eigenvalue weighted by Crippen LogP contribution is 2.26. The molecule has 0 radical (unpaired) electrons. The summed E-state index contributed by atoms with van der Waals surface area (Å²) >= 11 is 3.49. The molecule has 0 saturated carbocycles. The van der Waals surface area contributed by atoms with Gasteiger partial charge in [-0.15, -0.1) is 0 Å². The fourth-order valence-corrected chi connectivity index (χ4v) is 2.61. The first kappa shape index (κ1) is 17.1. The molecule has 0 aliphatic carbocycles. The normalized spacial score (nSPS) is 14.2. The first-order chi connectivity index (χ1) is 9.36. The second-order valence-electron chi connectivity index (χ2n) is 5.28. The van der Waals surface area contributed by atoms with Crippen LogP contribution in [0.25, 0.3) is 0 Å². The number of amides is 1. The molecule has 1 amide bonds. The zero-order valence-electron chi connectivity index (χ0n) is 12.6. The van der Waals surface area contributed by atoms with Gasteiger partial charge in [-0.3, -0.25) is 9.69 Å². The molecule has 0 aromatic heterocycles. The smallest absolute Gasteiger partial charge is 0.236 e. The van der Waals surface area contributed by atoms with E-state index in [2.05, 4.69) is 35.0 Å². The molecular formula is C15H24BrN3O. The molecule has 0 fully saturated rings. The second kappa shape index (κ2) is 7.76. The van der Waals surface area contributed by atoms with Gasteiger partial charge < -0.3 is 10.6 Å². The zero-order valence-corrected chi connectivity index (χ0v) is 14.2. The van der Waals surface area contributed by atoms with Gasteiger partial charge in [-0.1, -0.05) is 35.0 Å². The van der Waals surface area contributed by atoms with Crippen LogP contribution in [-0.2, 0) is 4.79 Å². The van der Waals surface area contributed by atoms with Crippen LogP contribution < -0.4 is 5.73 Å². The summed E-state index contributed by atoms with van der Waals surface area (Å²) in [7, 11) is 5.48. The number of likely N-dealkylation sites (N-methyl/N-ethyl adjacent to an activating group) is 2. The van der Waals surface area contributed by atoms with E-state index in [0.717, 1.165) is 16.5 Å². The van der Waals surface area contributed by atoms with Crippen LogP contribution in [0.1, 0.15) is 24.9 Å². The fraction of sp³-hybridized carbons (Fsp3) is 0.533. The average Bonchev–Trinajstić information content (AvgIpc) is 2.38. The quantitative estimate of drug-likeness (QED) is 0.863. The predicted octanol–water partition coefficient (Wildman–Crippen LogP) is 2.25. The number of carbonyl (C=O) groups is 1. The van der Waals surface area contributed by atoms with Crippen molar-refractivity contribution in [1.82, 2.24) is 9.80 Å². The lowest BCUT2D eigenvalue weighted by molar-refractivity contribution is -0.130. The number of rotatable bonds is 6. The summed E-state index contributed by atoms with van der Waals surface area (Å²) in [5, 5.41) is 0. The van der Waals surface area contributed by atoms with Crippen molar-refractivity contribution in [3.63, 3.8) is 0 Å². The van der Waals surface area contributed by atoms with Crippen LogP contribution in [-0.4, -0.2) is 49.4 Å². The maximum Gasteiger partial charge on any atom is 0.236 e. The van der Waals surface area contributed by atoms with E-state index in [-0.39, 0.29) is 18.0 Å². The van der Waals surface area contributed by atoms with Crippen molar-refractivity contribution in [3.8, 4) is 0 Å². The molecule has 0 heterocycles. The highest BCUT2D eigenvalue weighted by atomic mass is 79.9. The van der Waals surface area contributed by atoms with E-state index in [0.29, 0.717) is 6.54 Å². The van der Waals surface area contributed by atoms with Gasteiger partial charge in [0.2, 0.25) is 5.91 Å². The first-order valence-corrected chi connectivity index (χ1v) is 7.57. The third-order valence-electron chi connectivity index (χ3n) is 3.43. The van der Waals surface area contributed by atoms with Gasteiger partial charge in [0, 0.05) is 24.6 Å². The lowest BCUT2D eigenvalue weighted by Gasteiger charge is -2.33. The van der Waals surface area contributed by atoms with Gasteiger partial charge in [0.1, 0.15) is 0 Å². The first-order valence-electron chi connectivity index (χ1n) is 6.78. The van der Waals surface area contributed by atoms with E-state index in [1.54, 1.807) is 19.0 Å². The highest BCUT2D eigenvalue weighted by Gasteiger charge is 2.25. The van der Waals surface area contributed by atoms with Gasteiger partial charge in [-0.25, -0.2) is 0 Å². The largest absolute Gasteiger partial charge is 0.348 e. The average molecular weight is 342 g/mol. The standard InChI is InChI=1S/C15H24BrN3O/c1-5-13(17)15(11-7-6-8-12(16)9-11)19(4)10-14(20)18(2)3/h6-9,13,15H,5,10,17H2,1-4H3. The summed E-state index contributed by atoms with van der Waals surface area (Å²) in [6, 6.07) is 8.13. The molecular weight excluding hydrogens is 318 g/mol. The van der Waals surface area contributed by atoms with Crippen molar-refractivity contribution in [2.24, 2.45) is 5.73 Å². The molecule has 0 saturated heterocycles. The molecule has 20 heavy (non-hydrogen) atoms. The van der Waals surface area contributed by atoms with Gasteiger partial charge >= 0.3 is 0 Å². The monoisotopic (exact) mass is 341 g/mol. The van der Waals surface area contributed by atoms with E-state index in [9.17, 15) is 4.79 Å². The van der Waals surface area contributed by atoms with Crippen LogP contribution in [0.15, 0.2) is 28.7 Å². The molecule has 0 bridgehead atoms. The molecule has 0 aliphatic heterocycles. The minimum Gasteiger partial charge on any atom is -0.348 e. The topological polar surface area (TPSA) is 49.6 Å². The van der Waals surface area contributed by atoms with Crippen molar-refractivity contribution in [2.45, 2.75) is 25.4 Å². The minimum absolute atomic E-state index is 0.00994. The van der Waals surface area contributed by atoms with E-state index < -0.39 is 0 Å². The maximum atomic E-state index is 11.9. The van der Waals surface area contributed by atoms with E-state index in [1.807, 2.05) is 24.1 Å². The summed E-state index contributed by atoms with van der Waals surface area (Å²) in [6.45, 7) is 2.43. The molecule has 0 spiro atoms. The molecule has 112 valence electrons. The number of nitrogens with two attached hydrogens (primary N) is 1. The van der Waals surface area contributed by atoms with Crippen LogP contribution in [0, 0.1) is 0 Å². The summed E-state index contributed by atoms with van der Waals surface area (Å²) < 4.78 is 1.02. The van der Waals surface area contributed by atoms with Gasteiger partial charge in [-0.05, 0) is 31.2 Å². The van der Waals surface area contributed by atoms with Crippen LogP contribution >= 0.6 is 15.9 Å². The molecule has 1 aromatic rings. The second-order valence-corrected chi connectivity index (χ2v) is 6.19. The van der Waals surface area contributed by atoms with E-state index in [1.165, 1.54) is 0 Å². The Balaban J connectivity index is 2.98. The Morgan fingerprint density at radius 2 is 2.00 bits per heavy atom. The molecule has 1 rings (SSSR count). The fourth-order valence-electron chi connectivity index (χ4n) is 2.20. The Morgan fingerprint density at radius 3 is 2.50 bits per heavy atom. The molecule has 0 aliphatic rings. The Labute approximate surface area is 130 Å². The lowest BCUT2D eigenvalue weighted by atomic mass is 9.96. The predicted molar refractivity (Wildman–Crippen MR) is 86.5 cm³/mol. The lowest BCUT2D eigenvalue weighted by Crippen LogP contribution is -2.43. The van der Waals surface area contributed by atoms with E-state index in [4.69, 9.17) is 5.73 Å². The van der Waals surface area contributed by atoms with Gasteiger partial charge in [0.05, 0.1) is 12.6 Å². The number of benzene rings is 1. The molecule has 2 atom stereocenters. The molecule has 2 unspecified atom stereocenters. The van der Waals surface area contributed by atoms with Crippen molar-refractivity contribution in [3.05, 3.63) is 34.3 Å². The number of nitrogens with zero attached hydrogens (tertiary/aromatic N) is 2. The zero-order chi connectivity index (χ0) is 15.3. The summed E-state index contributed by atoms with van der Waals surface area (Å²) in [6.07, 6.45) is 0.859. The maximum absolute atomic E-state index is 11.9. The van der Waals surface area contributed by atoms with Gasteiger partial charge in [0.25, 0.3) is 0 Å². The molecule has 5 heteroatoms. The van der Waals surface area contributed by atoms with Crippen molar-refractivity contribution in [1.29, 1.82) is 0 Å². The van der Waals surface area contributed by atoms with Gasteiger partial charge in [0.15, 0.2) is 0 Å². The van der Waals surface area contributed by atoms with E-state index >= 15 is 0 Å². The van der Waals surface area contributed by atoms with Crippen LogP contribution in [0.3, 0.4) is 0 Å². The number of hydrogen-bond donors (Lipinski definition) is 1. The minimum atomic E-state index is -0.00994. The highest BCUT2D eigenvalue weighted by molar-refractivity contribution is 9.10. The SMILES string of the molecule is CCC(N)C(c1cccc(Br)c1)N(C)CC(=O)N(C)C. The Bertz CT molecular complexity index is 450. The van der Waals surface area contributed by atoms with Crippen LogP contribution in [0.4, 0.5) is 0 Å². The Morgan fingerprint density at radius 1 is 1.35 bits per heavy atom. The van der Waals surface area contributed by atoms with Crippen molar-refractivity contribution < 1.29 is 4.79 Å². The summed E-state index contributed by atoms with van der Waals surface area (Å²) in [4.78, 5) is 15.5. The van der Waals surface area contributed by atoms with Crippen molar-refractivity contribution >= 4 is 21.8 Å². The number of carbonyl (C=O) groups excluding carboxylic acids is 1. The third-order valence-corrected chi connectivity index (χ3v) is 3.92. The van der Waals surface area contributed by atoms with Crippen LogP contribution in [0.2, 0.25) is 0 Å². The number of halogens is 1. The molecule has 2 N–H and O–H groups in total. The Kier molecular flexibility index (Phi) is 6.65. The number of hydrogen-bond acceptors (Lipinski definition) is 3. The Hall–Kier alpha value is -0.910. The van der Waals surface area contributed by atoms with Crippen molar-refractivity contribution in [2.75, 3.05) is 27.7 Å².